The molecule has 1 N–H and O–H groups in total. The molecule has 0 saturated carbocycles. The monoisotopic (exact) mass is 344 g/mol. The van der Waals surface area contributed by atoms with Crippen LogP contribution in [-0.4, -0.2) is 16.9 Å². The van der Waals surface area contributed by atoms with E-state index in [1.807, 2.05) is 18.3 Å². The normalized spacial score (nSPS) is 24.8. The van der Waals surface area contributed by atoms with Gasteiger partial charge in [0.15, 0.2) is 0 Å². The summed E-state index contributed by atoms with van der Waals surface area (Å²) in [5.41, 5.74) is 0.989. The summed E-state index contributed by atoms with van der Waals surface area (Å²) in [7, 11) is 0. The van der Waals surface area contributed by atoms with Crippen molar-refractivity contribution >= 4 is 28.5 Å². The van der Waals surface area contributed by atoms with Crippen LogP contribution in [0, 0.1) is 8.99 Å². The number of aromatic nitrogens is 1. The molecule has 4 heteroatoms. The fourth-order valence-electron chi connectivity index (χ4n) is 2.09. The van der Waals surface area contributed by atoms with Crippen LogP contribution in [0.5, 0.6) is 0 Å². The van der Waals surface area contributed by atoms with Crippen LogP contribution in [0.2, 0.25) is 0 Å². The average molecular weight is 344 g/mol. The molecule has 3 nitrogen and oxygen atoms in total. The molecule has 1 aliphatic heterocycles. The lowest BCUT2D eigenvalue weighted by molar-refractivity contribution is -0.120. The first kappa shape index (κ1) is 12.8. The molecule has 2 unspecified atom stereocenters. The molecule has 0 spiro atoms. The average Bonchev–Trinajstić information content (AvgIpc) is 2.61. The van der Waals surface area contributed by atoms with Crippen LogP contribution < -0.4 is 5.32 Å². The van der Waals surface area contributed by atoms with Crippen molar-refractivity contribution in [1.29, 1.82) is 0 Å². The number of carbonyl (C=O) groups excluding carboxylic acids is 1. The fourth-order valence-corrected chi connectivity index (χ4v) is 2.41. The van der Waals surface area contributed by atoms with Crippen LogP contribution in [0.3, 0.4) is 0 Å². The van der Waals surface area contributed by atoms with E-state index >= 15 is 0 Å². The Morgan fingerprint density at radius 1 is 1.41 bits per heavy atom. The zero-order valence-corrected chi connectivity index (χ0v) is 12.5. The first-order chi connectivity index (χ1) is 7.88. The minimum absolute atomic E-state index is 0.0868. The van der Waals surface area contributed by atoms with Crippen LogP contribution in [0.15, 0.2) is 18.3 Å². The van der Waals surface area contributed by atoms with Gasteiger partial charge < -0.3 is 5.32 Å². The molecular formula is C13H17IN2O. The molecule has 17 heavy (non-hydrogen) atoms. The summed E-state index contributed by atoms with van der Waals surface area (Å²) in [4.78, 5) is 16.3. The zero-order chi connectivity index (χ0) is 12.6. The molecule has 2 atom stereocenters. The van der Waals surface area contributed by atoms with Crippen LogP contribution in [0.25, 0.3) is 0 Å². The van der Waals surface area contributed by atoms with E-state index in [-0.39, 0.29) is 23.3 Å². The summed E-state index contributed by atoms with van der Waals surface area (Å²) in [6, 6.07) is 4.19. The Bertz CT molecular complexity index is 422. The molecule has 1 aliphatic rings. The SMILES string of the molecule is CC(C)(C)C1CC(c2ccc(I)cn2)C(=O)N1. The summed E-state index contributed by atoms with van der Waals surface area (Å²) in [5, 5.41) is 3.08. The highest BCUT2D eigenvalue weighted by atomic mass is 127. The highest BCUT2D eigenvalue weighted by Gasteiger charge is 2.39. The largest absolute Gasteiger partial charge is 0.352 e. The molecule has 1 aromatic rings. The molecule has 0 radical (unpaired) electrons. The smallest absolute Gasteiger partial charge is 0.229 e. The van der Waals surface area contributed by atoms with Crippen molar-refractivity contribution in [2.75, 3.05) is 0 Å². The molecule has 1 saturated heterocycles. The Balaban J connectivity index is 2.19. The van der Waals surface area contributed by atoms with Gasteiger partial charge in [0.05, 0.1) is 11.6 Å². The van der Waals surface area contributed by atoms with Gasteiger partial charge in [0.25, 0.3) is 0 Å². The lowest BCUT2D eigenvalue weighted by Crippen LogP contribution is -2.36. The Kier molecular flexibility index (Phi) is 3.43. The number of amides is 1. The van der Waals surface area contributed by atoms with Gasteiger partial charge in [-0.1, -0.05) is 20.8 Å². The molecule has 1 amide bonds. The van der Waals surface area contributed by atoms with E-state index in [4.69, 9.17) is 0 Å². The van der Waals surface area contributed by atoms with Gasteiger partial charge in [0.2, 0.25) is 5.91 Å². The molecule has 1 fully saturated rings. The minimum Gasteiger partial charge on any atom is -0.352 e. The van der Waals surface area contributed by atoms with Crippen LogP contribution in [0.4, 0.5) is 0 Å². The van der Waals surface area contributed by atoms with Crippen molar-refractivity contribution in [1.82, 2.24) is 10.3 Å². The number of nitrogens with one attached hydrogen (secondary N) is 1. The molecule has 2 rings (SSSR count). The van der Waals surface area contributed by atoms with E-state index in [0.717, 1.165) is 15.7 Å². The maximum Gasteiger partial charge on any atom is 0.229 e. The predicted molar refractivity (Wildman–Crippen MR) is 75.7 cm³/mol. The van der Waals surface area contributed by atoms with Crippen molar-refractivity contribution in [3.63, 3.8) is 0 Å². The maximum atomic E-state index is 12.0. The second kappa shape index (κ2) is 4.55. The summed E-state index contributed by atoms with van der Waals surface area (Å²) < 4.78 is 1.09. The number of rotatable bonds is 1. The lowest BCUT2D eigenvalue weighted by atomic mass is 9.84. The van der Waals surface area contributed by atoms with E-state index in [0.29, 0.717) is 0 Å². The molecule has 92 valence electrons. The van der Waals surface area contributed by atoms with Gasteiger partial charge in [-0.05, 0) is 46.6 Å². The van der Waals surface area contributed by atoms with Crippen molar-refractivity contribution in [3.8, 4) is 0 Å². The summed E-state index contributed by atoms with van der Waals surface area (Å²) in [5.74, 6) is 0.0230. The first-order valence-corrected chi connectivity index (χ1v) is 6.87. The van der Waals surface area contributed by atoms with Crippen molar-refractivity contribution in [3.05, 3.63) is 27.6 Å². The third-order valence-electron chi connectivity index (χ3n) is 3.26. The van der Waals surface area contributed by atoms with E-state index < -0.39 is 0 Å². The van der Waals surface area contributed by atoms with Gasteiger partial charge in [0, 0.05) is 15.8 Å². The predicted octanol–water partition coefficient (Wildman–Crippen LogP) is 2.70. The molecule has 1 aromatic heterocycles. The van der Waals surface area contributed by atoms with Gasteiger partial charge in [-0.3, -0.25) is 9.78 Å². The number of halogens is 1. The van der Waals surface area contributed by atoms with Crippen LogP contribution in [-0.2, 0) is 4.79 Å². The number of pyridine rings is 1. The minimum atomic E-state index is -0.0868. The van der Waals surface area contributed by atoms with Crippen molar-refractivity contribution < 1.29 is 4.79 Å². The molecular weight excluding hydrogens is 327 g/mol. The summed E-state index contributed by atoms with van der Waals surface area (Å²) in [6.07, 6.45) is 2.66. The van der Waals surface area contributed by atoms with E-state index in [2.05, 4.69) is 53.7 Å². The van der Waals surface area contributed by atoms with E-state index in [1.54, 1.807) is 0 Å². The molecule has 0 aliphatic carbocycles. The molecule has 2 heterocycles. The van der Waals surface area contributed by atoms with Crippen LogP contribution in [0.1, 0.15) is 38.8 Å². The Hall–Kier alpha value is -0.650. The third kappa shape index (κ3) is 2.78. The summed E-state index contributed by atoms with van der Waals surface area (Å²) >= 11 is 2.22. The van der Waals surface area contributed by atoms with Gasteiger partial charge in [-0.2, -0.15) is 0 Å². The highest BCUT2D eigenvalue weighted by Crippen LogP contribution is 2.34. The highest BCUT2D eigenvalue weighted by molar-refractivity contribution is 14.1. The first-order valence-electron chi connectivity index (χ1n) is 5.80. The van der Waals surface area contributed by atoms with Gasteiger partial charge >= 0.3 is 0 Å². The Morgan fingerprint density at radius 2 is 2.12 bits per heavy atom. The Labute approximate surface area is 116 Å². The topological polar surface area (TPSA) is 42.0 Å². The van der Waals surface area contributed by atoms with E-state index in [9.17, 15) is 4.79 Å². The number of hydrogen-bond donors (Lipinski definition) is 1. The number of carbonyl (C=O) groups is 1. The second-order valence-electron chi connectivity index (χ2n) is 5.62. The standard InChI is InChI=1S/C13H17IN2O/c1-13(2,3)11-6-9(12(17)16-11)10-5-4-8(14)7-15-10/h4-5,7,9,11H,6H2,1-3H3,(H,16,17). The number of hydrogen-bond acceptors (Lipinski definition) is 2. The quantitative estimate of drug-likeness (QED) is 0.796. The second-order valence-corrected chi connectivity index (χ2v) is 6.86. The van der Waals surface area contributed by atoms with Gasteiger partial charge in [-0.25, -0.2) is 0 Å². The fraction of sp³-hybridized carbons (Fsp3) is 0.538. The Morgan fingerprint density at radius 3 is 2.59 bits per heavy atom. The van der Waals surface area contributed by atoms with Crippen LogP contribution >= 0.6 is 22.6 Å². The maximum absolute atomic E-state index is 12.0. The zero-order valence-electron chi connectivity index (χ0n) is 10.3. The van der Waals surface area contributed by atoms with Gasteiger partial charge in [-0.15, -0.1) is 0 Å². The molecule has 0 aromatic carbocycles. The van der Waals surface area contributed by atoms with Crippen molar-refractivity contribution in [2.24, 2.45) is 5.41 Å². The molecule has 0 bridgehead atoms. The van der Waals surface area contributed by atoms with Crippen molar-refractivity contribution in [2.45, 2.75) is 39.2 Å². The summed E-state index contributed by atoms with van der Waals surface area (Å²) in [6.45, 7) is 6.46. The van der Waals surface area contributed by atoms with E-state index in [1.165, 1.54) is 0 Å². The lowest BCUT2D eigenvalue weighted by Gasteiger charge is -2.26. The third-order valence-corrected chi connectivity index (χ3v) is 3.90. The van der Waals surface area contributed by atoms with Gasteiger partial charge in [0.1, 0.15) is 0 Å². The number of nitrogens with zero attached hydrogens (tertiary/aromatic N) is 1.